The van der Waals surface area contributed by atoms with Crippen LogP contribution in [0.2, 0.25) is 0 Å². The van der Waals surface area contributed by atoms with Gasteiger partial charge in [-0.3, -0.25) is 0 Å². The van der Waals surface area contributed by atoms with Crippen molar-refractivity contribution in [3.63, 3.8) is 0 Å². The maximum absolute atomic E-state index is 14.5. The molecule has 3 rings (SSSR count). The number of rotatable bonds is 3. The fourth-order valence-corrected chi connectivity index (χ4v) is 2.78. The summed E-state index contributed by atoms with van der Waals surface area (Å²) in [6, 6.07) is 18.3. The lowest BCUT2D eigenvalue weighted by molar-refractivity contribution is 0.509. The van der Waals surface area contributed by atoms with E-state index < -0.39 is 11.6 Å². The van der Waals surface area contributed by atoms with Crippen LogP contribution in [0.15, 0.2) is 60.7 Å². The molecule has 0 aromatic heterocycles. The van der Waals surface area contributed by atoms with Crippen LogP contribution >= 0.6 is 0 Å². The molecule has 0 bridgehead atoms. The third kappa shape index (κ3) is 4.00. The van der Waals surface area contributed by atoms with Gasteiger partial charge in [0.15, 0.2) is 11.6 Å². The van der Waals surface area contributed by atoms with Crippen molar-refractivity contribution in [2.24, 2.45) is 0 Å². The van der Waals surface area contributed by atoms with Crippen LogP contribution in [0.5, 0.6) is 0 Å². The van der Waals surface area contributed by atoms with E-state index in [0.29, 0.717) is 5.56 Å². The first-order valence-corrected chi connectivity index (χ1v) is 8.74. The van der Waals surface area contributed by atoms with Crippen molar-refractivity contribution >= 4 is 0 Å². The van der Waals surface area contributed by atoms with Crippen molar-refractivity contribution in [3.8, 4) is 23.0 Å². The third-order valence-electron chi connectivity index (χ3n) is 4.28. The summed E-state index contributed by atoms with van der Waals surface area (Å²) in [7, 11) is 0. The van der Waals surface area contributed by atoms with Gasteiger partial charge in [-0.05, 0) is 48.7 Å². The van der Waals surface area contributed by atoms with Gasteiger partial charge in [-0.2, -0.15) is 0 Å². The lowest BCUT2D eigenvalue weighted by atomic mass is 10.0. The standard InChI is InChI=1S/C24H20F2/c1-3-4-18-7-9-19(10-8-18)11-14-21-15-16-22(24(26)23(21)25)20-12-5-17(2)6-13-20/h5-10,12-13,15-16H,3-4H2,1-2H3. The fraction of sp³-hybridized carbons (Fsp3) is 0.167. The highest BCUT2D eigenvalue weighted by atomic mass is 19.2. The lowest BCUT2D eigenvalue weighted by Gasteiger charge is -2.06. The Kier molecular flexibility index (Phi) is 5.49. The van der Waals surface area contributed by atoms with Crippen molar-refractivity contribution in [2.75, 3.05) is 0 Å². The molecular formula is C24H20F2. The molecule has 0 spiro atoms. The molecule has 0 saturated carbocycles. The molecule has 130 valence electrons. The first kappa shape index (κ1) is 17.9. The van der Waals surface area contributed by atoms with Gasteiger partial charge in [0.2, 0.25) is 0 Å². The lowest BCUT2D eigenvalue weighted by Crippen LogP contribution is -1.94. The molecule has 0 heterocycles. The third-order valence-corrected chi connectivity index (χ3v) is 4.28. The number of aryl methyl sites for hydroxylation is 2. The van der Waals surface area contributed by atoms with Crippen LogP contribution in [0, 0.1) is 30.4 Å². The van der Waals surface area contributed by atoms with Crippen LogP contribution in [-0.4, -0.2) is 0 Å². The molecule has 0 N–H and O–H groups in total. The maximum Gasteiger partial charge on any atom is 0.175 e. The van der Waals surface area contributed by atoms with Crippen LogP contribution in [0.4, 0.5) is 8.78 Å². The Morgan fingerprint density at radius 1 is 0.769 bits per heavy atom. The van der Waals surface area contributed by atoms with Gasteiger partial charge >= 0.3 is 0 Å². The Hall–Kier alpha value is -2.92. The quantitative estimate of drug-likeness (QED) is 0.489. The van der Waals surface area contributed by atoms with Gasteiger partial charge in [-0.15, -0.1) is 0 Å². The molecule has 3 aromatic carbocycles. The Morgan fingerprint density at radius 3 is 2.12 bits per heavy atom. The molecule has 3 aromatic rings. The molecule has 0 nitrogen and oxygen atoms in total. The second-order valence-electron chi connectivity index (χ2n) is 6.35. The topological polar surface area (TPSA) is 0 Å². The number of hydrogen-bond acceptors (Lipinski definition) is 0. The van der Waals surface area contributed by atoms with E-state index in [1.165, 1.54) is 11.6 Å². The summed E-state index contributed by atoms with van der Waals surface area (Å²) in [4.78, 5) is 0. The molecule has 0 radical (unpaired) electrons. The first-order chi connectivity index (χ1) is 12.6. The molecule has 0 fully saturated rings. The SMILES string of the molecule is CCCc1ccc(C#Cc2ccc(-c3ccc(C)cc3)c(F)c2F)cc1. The average molecular weight is 346 g/mol. The van der Waals surface area contributed by atoms with E-state index in [1.807, 2.05) is 43.3 Å². The predicted octanol–water partition coefficient (Wildman–Crippen LogP) is 6.29. The minimum Gasteiger partial charge on any atom is -0.203 e. The van der Waals surface area contributed by atoms with E-state index in [4.69, 9.17) is 0 Å². The van der Waals surface area contributed by atoms with Gasteiger partial charge in [0.25, 0.3) is 0 Å². The average Bonchev–Trinajstić information content (AvgIpc) is 2.65. The van der Waals surface area contributed by atoms with Crippen molar-refractivity contribution < 1.29 is 8.78 Å². The zero-order valence-corrected chi connectivity index (χ0v) is 14.9. The summed E-state index contributed by atoms with van der Waals surface area (Å²) in [6.45, 7) is 4.08. The minimum atomic E-state index is -0.904. The van der Waals surface area contributed by atoms with Gasteiger partial charge in [-0.25, -0.2) is 8.78 Å². The van der Waals surface area contributed by atoms with Gasteiger partial charge in [0.05, 0.1) is 5.56 Å². The monoisotopic (exact) mass is 346 g/mol. The largest absolute Gasteiger partial charge is 0.203 e. The second kappa shape index (κ2) is 7.97. The zero-order valence-electron chi connectivity index (χ0n) is 14.9. The molecule has 0 aliphatic heterocycles. The number of halogens is 2. The highest BCUT2D eigenvalue weighted by molar-refractivity contribution is 5.66. The normalized spacial score (nSPS) is 10.3. The first-order valence-electron chi connectivity index (χ1n) is 8.74. The molecule has 0 aliphatic carbocycles. The minimum absolute atomic E-state index is 0.0657. The zero-order chi connectivity index (χ0) is 18.5. The molecule has 26 heavy (non-hydrogen) atoms. The van der Waals surface area contributed by atoms with Crippen molar-refractivity contribution in [1.82, 2.24) is 0 Å². The Bertz CT molecular complexity index is 956. The molecule has 0 atom stereocenters. The Balaban J connectivity index is 1.88. The van der Waals surface area contributed by atoms with Crippen molar-refractivity contribution in [3.05, 3.63) is 94.6 Å². The maximum atomic E-state index is 14.5. The summed E-state index contributed by atoms with van der Waals surface area (Å²) >= 11 is 0. The van der Waals surface area contributed by atoms with Crippen molar-refractivity contribution in [1.29, 1.82) is 0 Å². The summed E-state index contributed by atoms with van der Waals surface area (Å²) < 4.78 is 28.9. The fourth-order valence-electron chi connectivity index (χ4n) is 2.78. The van der Waals surface area contributed by atoms with Crippen LogP contribution in [0.1, 0.15) is 35.6 Å². The second-order valence-corrected chi connectivity index (χ2v) is 6.35. The molecule has 0 aliphatic rings. The summed E-state index contributed by atoms with van der Waals surface area (Å²) in [6.07, 6.45) is 2.11. The van der Waals surface area contributed by atoms with Crippen LogP contribution in [0.3, 0.4) is 0 Å². The van der Waals surface area contributed by atoms with Crippen molar-refractivity contribution in [2.45, 2.75) is 26.7 Å². The summed E-state index contributed by atoms with van der Waals surface area (Å²) in [5.41, 5.74) is 4.07. The molecular weight excluding hydrogens is 326 g/mol. The van der Waals surface area contributed by atoms with Crippen LogP contribution in [0.25, 0.3) is 11.1 Å². The van der Waals surface area contributed by atoms with Gasteiger partial charge in [-0.1, -0.05) is 67.1 Å². The van der Waals surface area contributed by atoms with Crippen LogP contribution in [-0.2, 0) is 6.42 Å². The number of benzene rings is 3. The van der Waals surface area contributed by atoms with E-state index >= 15 is 0 Å². The van der Waals surface area contributed by atoms with E-state index in [-0.39, 0.29) is 11.1 Å². The highest BCUT2D eigenvalue weighted by Gasteiger charge is 2.13. The molecule has 0 saturated heterocycles. The van der Waals surface area contributed by atoms with E-state index in [9.17, 15) is 8.78 Å². The Morgan fingerprint density at radius 2 is 1.46 bits per heavy atom. The summed E-state index contributed by atoms with van der Waals surface area (Å²) in [5.74, 6) is 3.89. The summed E-state index contributed by atoms with van der Waals surface area (Å²) in [5, 5.41) is 0. The van der Waals surface area contributed by atoms with Gasteiger partial charge in [0.1, 0.15) is 0 Å². The highest BCUT2D eigenvalue weighted by Crippen LogP contribution is 2.26. The molecule has 0 unspecified atom stereocenters. The van der Waals surface area contributed by atoms with E-state index in [0.717, 1.165) is 24.0 Å². The van der Waals surface area contributed by atoms with Gasteiger partial charge < -0.3 is 0 Å². The van der Waals surface area contributed by atoms with E-state index in [2.05, 4.69) is 18.8 Å². The number of hydrogen-bond donors (Lipinski definition) is 0. The molecule has 2 heteroatoms. The Labute approximate surface area is 153 Å². The predicted molar refractivity (Wildman–Crippen MR) is 103 cm³/mol. The molecule has 0 amide bonds. The van der Waals surface area contributed by atoms with E-state index in [1.54, 1.807) is 18.2 Å². The van der Waals surface area contributed by atoms with Crippen LogP contribution < -0.4 is 0 Å². The van der Waals surface area contributed by atoms with Gasteiger partial charge in [0, 0.05) is 11.1 Å². The smallest absolute Gasteiger partial charge is 0.175 e.